The number of hydrogen-bond donors (Lipinski definition) is 0. The summed E-state index contributed by atoms with van der Waals surface area (Å²) < 4.78 is 139. The van der Waals surface area contributed by atoms with Crippen molar-refractivity contribution in [3.63, 3.8) is 0 Å². The first-order valence-corrected chi connectivity index (χ1v) is 10.9. The Balaban J connectivity index is 2.39. The average molecular weight is 514 g/mol. The van der Waals surface area contributed by atoms with Crippen LogP contribution in [0.15, 0.2) is 24.3 Å². The zero-order valence-corrected chi connectivity index (χ0v) is 18.6. The van der Waals surface area contributed by atoms with Gasteiger partial charge in [0.1, 0.15) is 24.3 Å². The molecule has 0 saturated heterocycles. The van der Waals surface area contributed by atoms with Gasteiger partial charge in [0.15, 0.2) is 0 Å². The van der Waals surface area contributed by atoms with Crippen molar-refractivity contribution < 1.29 is 53.4 Å². The summed E-state index contributed by atoms with van der Waals surface area (Å²) in [7, 11) is 0. The second-order valence-electron chi connectivity index (χ2n) is 7.89. The van der Waals surface area contributed by atoms with Crippen molar-refractivity contribution >= 4 is 0 Å². The molecule has 1 unspecified atom stereocenters. The Morgan fingerprint density at radius 3 is 1.79 bits per heavy atom. The molecule has 0 saturated carbocycles. The Bertz CT molecular complexity index is 705. The zero-order valence-electron chi connectivity index (χ0n) is 18.6. The molecule has 0 fully saturated rings. The molecule has 1 atom stereocenters. The van der Waals surface area contributed by atoms with Crippen LogP contribution in [0.3, 0.4) is 0 Å². The first kappa shape index (κ1) is 30.2. The van der Waals surface area contributed by atoms with Crippen molar-refractivity contribution in [3.8, 4) is 11.5 Å². The van der Waals surface area contributed by atoms with Crippen LogP contribution in [0.1, 0.15) is 58.3 Å². The molecule has 1 aromatic rings. The largest absolute Gasteiger partial charge is 0.494 e. The van der Waals surface area contributed by atoms with E-state index in [1.54, 1.807) is 0 Å². The Morgan fingerprint density at radius 2 is 1.26 bits per heavy atom. The lowest BCUT2D eigenvalue weighted by Crippen LogP contribution is -2.60. The Kier molecular flexibility index (Phi) is 11.3. The first-order valence-electron chi connectivity index (χ1n) is 10.9. The highest BCUT2D eigenvalue weighted by molar-refractivity contribution is 5.31. The van der Waals surface area contributed by atoms with E-state index < -0.39 is 43.0 Å². The average Bonchev–Trinajstić information content (AvgIpc) is 2.74. The smallest absolute Gasteiger partial charge is 0.460 e. The van der Waals surface area contributed by atoms with E-state index in [1.807, 2.05) is 0 Å². The molecule has 1 rings (SSSR count). The highest BCUT2D eigenvalue weighted by Crippen LogP contribution is 2.54. The molecule has 198 valence electrons. The molecule has 1 aromatic carbocycles. The summed E-state index contributed by atoms with van der Waals surface area (Å²) in [6.45, 7) is 1.65. The second-order valence-corrected chi connectivity index (χ2v) is 7.89. The van der Waals surface area contributed by atoms with Gasteiger partial charge in [-0.25, -0.2) is 4.39 Å². The molecular formula is C22H28F10O2. The van der Waals surface area contributed by atoms with Crippen LogP contribution in [-0.2, 0) is 0 Å². The van der Waals surface area contributed by atoms with E-state index in [0.717, 1.165) is 25.7 Å². The molecule has 34 heavy (non-hydrogen) atoms. The van der Waals surface area contributed by atoms with Crippen LogP contribution < -0.4 is 9.47 Å². The molecule has 0 aliphatic heterocycles. The molecule has 0 radical (unpaired) electrons. The van der Waals surface area contributed by atoms with Crippen molar-refractivity contribution in [1.82, 2.24) is 0 Å². The standard InChI is InChI=1S/C22H28F10O2/c1-2-3-4-5-8-16(23)15-34-18-11-9-17(10-12-18)33-14-7-6-13-19(24,25)20(26,27)21(28,29)22(30,31)32/h9-12,16H,2-8,13-15H2,1H3. The monoisotopic (exact) mass is 514 g/mol. The van der Waals surface area contributed by atoms with E-state index in [1.165, 1.54) is 24.3 Å². The second kappa shape index (κ2) is 12.7. The van der Waals surface area contributed by atoms with Crippen LogP contribution in [0.5, 0.6) is 11.5 Å². The van der Waals surface area contributed by atoms with Crippen molar-refractivity contribution in [2.45, 2.75) is 88.4 Å². The number of unbranched alkanes of at least 4 members (excludes halogenated alkanes) is 4. The van der Waals surface area contributed by atoms with Gasteiger partial charge >= 0.3 is 23.9 Å². The summed E-state index contributed by atoms with van der Waals surface area (Å²) in [5, 5.41) is 0. The third kappa shape index (κ3) is 8.41. The van der Waals surface area contributed by atoms with Crippen LogP contribution in [0.25, 0.3) is 0 Å². The van der Waals surface area contributed by atoms with Gasteiger partial charge in [0.05, 0.1) is 6.61 Å². The van der Waals surface area contributed by atoms with Gasteiger partial charge in [-0.3, -0.25) is 0 Å². The van der Waals surface area contributed by atoms with Crippen LogP contribution in [0, 0.1) is 0 Å². The van der Waals surface area contributed by atoms with E-state index in [2.05, 4.69) is 6.92 Å². The molecule has 0 aromatic heterocycles. The summed E-state index contributed by atoms with van der Waals surface area (Å²) in [5.74, 6) is -18.4. The fourth-order valence-electron chi connectivity index (χ4n) is 2.90. The van der Waals surface area contributed by atoms with Crippen LogP contribution in [0.2, 0.25) is 0 Å². The van der Waals surface area contributed by atoms with E-state index >= 15 is 0 Å². The van der Waals surface area contributed by atoms with Gasteiger partial charge in [0, 0.05) is 6.42 Å². The minimum absolute atomic E-state index is 0.126. The van der Waals surface area contributed by atoms with Crippen LogP contribution in [0.4, 0.5) is 43.9 Å². The Hall–Kier alpha value is -1.88. The molecule has 12 heteroatoms. The van der Waals surface area contributed by atoms with Gasteiger partial charge in [-0.2, -0.15) is 39.5 Å². The van der Waals surface area contributed by atoms with Crippen LogP contribution in [-0.4, -0.2) is 43.3 Å². The van der Waals surface area contributed by atoms with Gasteiger partial charge in [-0.15, -0.1) is 0 Å². The molecular weight excluding hydrogens is 486 g/mol. The maximum Gasteiger partial charge on any atom is 0.460 e. The van der Waals surface area contributed by atoms with E-state index in [9.17, 15) is 43.9 Å². The number of halogens is 10. The van der Waals surface area contributed by atoms with Gasteiger partial charge in [-0.1, -0.05) is 32.6 Å². The zero-order chi connectivity index (χ0) is 26.0. The Labute approximate surface area is 191 Å². The molecule has 0 heterocycles. The van der Waals surface area contributed by atoms with Crippen molar-refractivity contribution in [1.29, 1.82) is 0 Å². The highest BCUT2D eigenvalue weighted by Gasteiger charge is 2.81. The van der Waals surface area contributed by atoms with Gasteiger partial charge in [-0.05, 0) is 43.5 Å². The van der Waals surface area contributed by atoms with E-state index in [0.29, 0.717) is 12.2 Å². The van der Waals surface area contributed by atoms with Crippen molar-refractivity contribution in [2.24, 2.45) is 0 Å². The third-order valence-corrected chi connectivity index (χ3v) is 4.99. The maximum absolute atomic E-state index is 13.8. The molecule has 2 nitrogen and oxygen atoms in total. The summed E-state index contributed by atoms with van der Waals surface area (Å²) >= 11 is 0. The minimum atomic E-state index is -6.87. The van der Waals surface area contributed by atoms with Gasteiger partial charge < -0.3 is 9.47 Å². The summed E-state index contributed by atoms with van der Waals surface area (Å²) in [6, 6.07) is 5.78. The summed E-state index contributed by atoms with van der Waals surface area (Å²) in [6.07, 6.45) is -6.72. The SMILES string of the molecule is CCCCCCC(F)COc1ccc(OCCCCC(F)(F)C(F)(F)C(F)(F)C(F)(F)F)cc1. The van der Waals surface area contributed by atoms with Gasteiger partial charge in [0.25, 0.3) is 0 Å². The third-order valence-electron chi connectivity index (χ3n) is 4.99. The molecule has 0 amide bonds. The predicted octanol–water partition coefficient (Wildman–Crippen LogP) is 8.39. The van der Waals surface area contributed by atoms with Gasteiger partial charge in [0.2, 0.25) is 0 Å². The summed E-state index contributed by atoms with van der Waals surface area (Å²) in [4.78, 5) is 0. The molecule has 0 aliphatic carbocycles. The lowest BCUT2D eigenvalue weighted by atomic mass is 9.99. The lowest BCUT2D eigenvalue weighted by molar-refractivity contribution is -0.396. The molecule has 0 N–H and O–H groups in total. The molecule has 0 bridgehead atoms. The number of benzene rings is 1. The van der Waals surface area contributed by atoms with E-state index in [-0.39, 0.29) is 25.4 Å². The Morgan fingerprint density at radius 1 is 0.706 bits per heavy atom. The maximum atomic E-state index is 13.8. The number of hydrogen-bond acceptors (Lipinski definition) is 2. The van der Waals surface area contributed by atoms with E-state index in [4.69, 9.17) is 9.47 Å². The highest BCUT2D eigenvalue weighted by atomic mass is 19.4. The first-order chi connectivity index (χ1) is 15.7. The van der Waals surface area contributed by atoms with Crippen LogP contribution >= 0.6 is 0 Å². The quantitative estimate of drug-likeness (QED) is 0.163. The minimum Gasteiger partial charge on any atom is -0.494 e. The predicted molar refractivity (Wildman–Crippen MR) is 106 cm³/mol. The number of ether oxygens (including phenoxy) is 2. The number of rotatable bonds is 16. The molecule has 0 aliphatic rings. The lowest BCUT2D eigenvalue weighted by Gasteiger charge is -2.33. The van der Waals surface area contributed by atoms with Crippen molar-refractivity contribution in [2.75, 3.05) is 13.2 Å². The normalized spacial score (nSPS) is 14.2. The van der Waals surface area contributed by atoms with Crippen molar-refractivity contribution in [3.05, 3.63) is 24.3 Å². The number of alkyl halides is 10. The summed E-state index contributed by atoms with van der Waals surface area (Å²) in [5.41, 5.74) is 0. The molecule has 0 spiro atoms. The fraction of sp³-hybridized carbons (Fsp3) is 0.727. The topological polar surface area (TPSA) is 18.5 Å². The fourth-order valence-corrected chi connectivity index (χ4v) is 2.90.